The first-order valence-electron chi connectivity index (χ1n) is 12.4. The summed E-state index contributed by atoms with van der Waals surface area (Å²) in [4.78, 5) is 40.2. The Morgan fingerprint density at radius 3 is 2.46 bits per heavy atom. The van der Waals surface area contributed by atoms with Crippen LogP contribution >= 0.6 is 11.6 Å². The minimum Gasteiger partial charge on any atom is -0.465 e. The molecule has 0 bridgehead atoms. The largest absolute Gasteiger partial charge is 0.465 e. The van der Waals surface area contributed by atoms with E-state index in [1.54, 1.807) is 16.7 Å². The zero-order chi connectivity index (χ0) is 25.7. The summed E-state index contributed by atoms with van der Waals surface area (Å²) in [5, 5.41) is 0.542. The molecule has 37 heavy (non-hydrogen) atoms. The van der Waals surface area contributed by atoms with E-state index in [-0.39, 0.29) is 11.6 Å². The third-order valence-electron chi connectivity index (χ3n) is 7.51. The van der Waals surface area contributed by atoms with Crippen molar-refractivity contribution in [3.8, 4) is 5.69 Å². The fourth-order valence-corrected chi connectivity index (χ4v) is 5.66. The summed E-state index contributed by atoms with van der Waals surface area (Å²) in [6.45, 7) is 1.35. The van der Waals surface area contributed by atoms with Crippen LogP contribution in [0.3, 0.4) is 0 Å². The average Bonchev–Trinajstić information content (AvgIpc) is 3.53. The van der Waals surface area contributed by atoms with Gasteiger partial charge in [0, 0.05) is 24.5 Å². The second kappa shape index (κ2) is 8.92. The molecule has 1 saturated heterocycles. The number of ether oxygens (including phenoxy) is 1. The first-order chi connectivity index (χ1) is 17.9. The molecule has 1 amide bonds. The van der Waals surface area contributed by atoms with Crippen LogP contribution < -0.4 is 5.69 Å². The van der Waals surface area contributed by atoms with Crippen LogP contribution in [0, 0.1) is 0 Å². The third kappa shape index (κ3) is 3.94. The van der Waals surface area contributed by atoms with Gasteiger partial charge < -0.3 is 9.64 Å². The summed E-state index contributed by atoms with van der Waals surface area (Å²) in [6, 6.07) is 20.6. The predicted molar refractivity (Wildman–Crippen MR) is 141 cm³/mol. The number of carbonyl (C=O) groups excluding carboxylic acids is 2. The second-order valence-corrected chi connectivity index (χ2v) is 10.2. The van der Waals surface area contributed by atoms with E-state index in [1.807, 2.05) is 64.1 Å². The molecular formula is C29H26ClN3O4. The fourth-order valence-electron chi connectivity index (χ4n) is 5.49. The first-order valence-corrected chi connectivity index (χ1v) is 12.8. The van der Waals surface area contributed by atoms with Crippen molar-refractivity contribution in [1.29, 1.82) is 0 Å². The number of aromatic nitrogens is 2. The van der Waals surface area contributed by atoms with Gasteiger partial charge in [0.25, 0.3) is 0 Å². The van der Waals surface area contributed by atoms with Crippen LogP contribution in [0.5, 0.6) is 0 Å². The first kappa shape index (κ1) is 23.6. The molecule has 1 aliphatic carbocycles. The number of esters is 1. The Balaban J connectivity index is 1.45. The van der Waals surface area contributed by atoms with Gasteiger partial charge in [0.2, 0.25) is 5.91 Å². The van der Waals surface area contributed by atoms with E-state index in [0.29, 0.717) is 23.6 Å². The molecule has 1 aliphatic heterocycles. The van der Waals surface area contributed by atoms with E-state index < -0.39 is 11.5 Å². The highest BCUT2D eigenvalue weighted by Gasteiger charge is 2.49. The SMILES string of the molecule is COC(=O)c1cccc(C2(n3c(=O)n(-c4ccc(CN5CCCC5=O)cc4)c4cc(Cl)ccc43)CC2)c1. The maximum absolute atomic E-state index is 14.1. The van der Waals surface area contributed by atoms with Crippen molar-refractivity contribution in [3.63, 3.8) is 0 Å². The lowest BCUT2D eigenvalue weighted by molar-refractivity contribution is -0.128. The molecule has 188 valence electrons. The third-order valence-corrected chi connectivity index (χ3v) is 7.75. The quantitative estimate of drug-likeness (QED) is 0.343. The van der Waals surface area contributed by atoms with Gasteiger partial charge in [-0.05, 0) is 72.9 Å². The molecule has 2 heterocycles. The van der Waals surface area contributed by atoms with E-state index in [4.69, 9.17) is 16.3 Å². The number of halogens is 1. The van der Waals surface area contributed by atoms with Gasteiger partial charge in [-0.2, -0.15) is 0 Å². The molecule has 0 unspecified atom stereocenters. The maximum atomic E-state index is 14.1. The summed E-state index contributed by atoms with van der Waals surface area (Å²) in [6.07, 6.45) is 3.07. The monoisotopic (exact) mass is 515 g/mol. The number of amides is 1. The second-order valence-electron chi connectivity index (χ2n) is 9.78. The summed E-state index contributed by atoms with van der Waals surface area (Å²) >= 11 is 6.38. The Hall–Kier alpha value is -3.84. The van der Waals surface area contributed by atoms with Crippen LogP contribution in [0.4, 0.5) is 0 Å². The number of methoxy groups -OCH3 is 1. The summed E-state index contributed by atoms with van der Waals surface area (Å²) < 4.78 is 8.44. The fraction of sp³-hybridized carbons (Fsp3) is 0.276. The van der Waals surface area contributed by atoms with Crippen molar-refractivity contribution in [2.75, 3.05) is 13.7 Å². The normalized spacial score (nSPS) is 16.4. The van der Waals surface area contributed by atoms with Crippen molar-refractivity contribution in [2.45, 2.75) is 37.8 Å². The molecule has 0 radical (unpaired) electrons. The van der Waals surface area contributed by atoms with E-state index >= 15 is 0 Å². The maximum Gasteiger partial charge on any atom is 0.337 e. The average molecular weight is 516 g/mol. The highest BCUT2D eigenvalue weighted by atomic mass is 35.5. The number of nitrogens with zero attached hydrogens (tertiary/aromatic N) is 3. The lowest BCUT2D eigenvalue weighted by Gasteiger charge is -2.19. The van der Waals surface area contributed by atoms with E-state index in [1.165, 1.54) is 7.11 Å². The molecule has 7 nitrogen and oxygen atoms in total. The molecule has 1 aromatic heterocycles. The summed E-state index contributed by atoms with van der Waals surface area (Å²) in [5.74, 6) is -0.223. The topological polar surface area (TPSA) is 73.5 Å². The van der Waals surface area contributed by atoms with Crippen molar-refractivity contribution in [2.24, 2.45) is 0 Å². The van der Waals surface area contributed by atoms with Crippen LogP contribution in [-0.4, -0.2) is 39.6 Å². The molecule has 4 aromatic rings. The lowest BCUT2D eigenvalue weighted by Crippen LogP contribution is -2.32. The van der Waals surface area contributed by atoms with Crippen LogP contribution in [0.2, 0.25) is 5.02 Å². The Labute approximate surface area is 218 Å². The predicted octanol–water partition coefficient (Wildman–Crippen LogP) is 4.89. The highest BCUT2D eigenvalue weighted by Crippen LogP contribution is 2.50. The van der Waals surface area contributed by atoms with Gasteiger partial charge in [-0.15, -0.1) is 0 Å². The van der Waals surface area contributed by atoms with Gasteiger partial charge in [0.05, 0.1) is 34.9 Å². The smallest absolute Gasteiger partial charge is 0.337 e. The van der Waals surface area contributed by atoms with Crippen LogP contribution in [-0.2, 0) is 21.6 Å². The number of rotatable bonds is 6. The Morgan fingerprint density at radius 2 is 1.78 bits per heavy atom. The van der Waals surface area contributed by atoms with Crippen molar-refractivity contribution in [3.05, 3.63) is 98.9 Å². The number of imidazole rings is 1. The molecule has 3 aromatic carbocycles. The Morgan fingerprint density at radius 1 is 1.00 bits per heavy atom. The number of fused-ring (bicyclic) bond motifs is 1. The van der Waals surface area contributed by atoms with Gasteiger partial charge >= 0.3 is 11.7 Å². The molecule has 6 rings (SSSR count). The molecule has 0 atom stereocenters. The zero-order valence-electron chi connectivity index (χ0n) is 20.4. The number of hydrogen-bond acceptors (Lipinski definition) is 4. The summed E-state index contributed by atoms with van der Waals surface area (Å²) in [7, 11) is 1.36. The van der Waals surface area contributed by atoms with Gasteiger partial charge in [-0.25, -0.2) is 9.59 Å². The van der Waals surface area contributed by atoms with Crippen LogP contribution in [0.15, 0.2) is 71.5 Å². The standard InChI is InChI=1S/C29H26ClN3O4/c1-37-27(35)20-4-2-5-21(16-20)29(13-14-29)33-24-12-9-22(30)17-25(24)32(28(33)36)23-10-7-19(8-11-23)18-31-15-3-6-26(31)34/h2,4-5,7-12,16-17H,3,6,13-15,18H2,1H3. The van der Waals surface area contributed by atoms with Crippen molar-refractivity contribution >= 4 is 34.5 Å². The van der Waals surface area contributed by atoms with Crippen LogP contribution in [0.1, 0.15) is 47.2 Å². The Kier molecular flexibility index (Phi) is 5.68. The van der Waals surface area contributed by atoms with Gasteiger partial charge in [0.1, 0.15) is 0 Å². The minimum atomic E-state index is -0.547. The zero-order valence-corrected chi connectivity index (χ0v) is 21.2. The summed E-state index contributed by atoms with van der Waals surface area (Å²) in [5.41, 5.74) is 3.89. The minimum absolute atomic E-state index is 0.166. The van der Waals surface area contributed by atoms with Gasteiger partial charge in [0.15, 0.2) is 0 Å². The van der Waals surface area contributed by atoms with E-state index in [9.17, 15) is 14.4 Å². The molecule has 8 heteroatoms. The van der Waals surface area contributed by atoms with Crippen molar-refractivity contribution in [1.82, 2.24) is 14.0 Å². The molecule has 2 fully saturated rings. The molecule has 0 spiro atoms. The van der Waals surface area contributed by atoms with Crippen molar-refractivity contribution < 1.29 is 14.3 Å². The molecule has 1 saturated carbocycles. The van der Waals surface area contributed by atoms with Crippen LogP contribution in [0.25, 0.3) is 16.7 Å². The number of likely N-dealkylation sites (tertiary alicyclic amines) is 1. The highest BCUT2D eigenvalue weighted by molar-refractivity contribution is 6.31. The molecular weight excluding hydrogens is 490 g/mol. The van der Waals surface area contributed by atoms with Gasteiger partial charge in [-0.3, -0.25) is 13.9 Å². The van der Waals surface area contributed by atoms with E-state index in [0.717, 1.165) is 53.7 Å². The lowest BCUT2D eigenvalue weighted by atomic mass is 10.0. The number of hydrogen-bond donors (Lipinski definition) is 0. The number of benzene rings is 3. The number of carbonyl (C=O) groups is 2. The Bertz CT molecular complexity index is 1600. The van der Waals surface area contributed by atoms with Gasteiger partial charge in [-0.1, -0.05) is 35.9 Å². The molecule has 0 N–H and O–H groups in total. The van der Waals surface area contributed by atoms with E-state index in [2.05, 4.69) is 0 Å². The molecule has 2 aliphatic rings.